The molecule has 2 unspecified atom stereocenters. The van der Waals surface area contributed by atoms with Crippen LogP contribution in [0.5, 0.6) is 0 Å². The zero-order valence-electron chi connectivity index (χ0n) is 23.9. The summed E-state index contributed by atoms with van der Waals surface area (Å²) in [7, 11) is 4.10. The van der Waals surface area contributed by atoms with Crippen molar-refractivity contribution in [1.82, 2.24) is 9.80 Å². The first-order valence-electron chi connectivity index (χ1n) is 14.3. The lowest BCUT2D eigenvalue weighted by atomic mass is 10.1. The van der Waals surface area contributed by atoms with E-state index < -0.39 is 5.97 Å². The number of aliphatic hydroxyl groups excluding tert-OH is 2. The second-order valence-electron chi connectivity index (χ2n) is 10.3. The van der Waals surface area contributed by atoms with Crippen LogP contribution >= 0.6 is 0 Å². The van der Waals surface area contributed by atoms with Gasteiger partial charge in [-0.1, -0.05) is 70.4 Å². The van der Waals surface area contributed by atoms with Crippen LogP contribution in [-0.2, 0) is 4.79 Å². The zero-order chi connectivity index (χ0) is 26.7. The minimum Gasteiger partial charge on any atom is -0.481 e. The molecule has 35 heavy (non-hydrogen) atoms. The topological polar surface area (TPSA) is 84.2 Å². The van der Waals surface area contributed by atoms with E-state index in [1.54, 1.807) is 13.8 Å². The largest absolute Gasteiger partial charge is 0.481 e. The summed E-state index contributed by atoms with van der Waals surface area (Å²) in [5.41, 5.74) is 0. The van der Waals surface area contributed by atoms with Crippen LogP contribution in [-0.4, -0.2) is 83.6 Å². The van der Waals surface area contributed by atoms with Gasteiger partial charge in [-0.05, 0) is 79.6 Å². The predicted octanol–water partition coefficient (Wildman–Crippen LogP) is 6.11. The van der Waals surface area contributed by atoms with Crippen molar-refractivity contribution < 1.29 is 20.1 Å². The van der Waals surface area contributed by atoms with Gasteiger partial charge in [-0.25, -0.2) is 0 Å². The highest BCUT2D eigenvalue weighted by Gasteiger charge is 2.10. The number of carboxylic acid groups (broad SMARTS) is 1. The molecule has 0 aliphatic carbocycles. The van der Waals surface area contributed by atoms with Gasteiger partial charge in [0.05, 0.1) is 12.2 Å². The van der Waals surface area contributed by atoms with Gasteiger partial charge in [0, 0.05) is 19.5 Å². The SMILES string of the molecule is CC(O)CN(CCCN(C)C)CC(C)O.CCCCCCCC/C=C\CCCCCCCC(=O)O. The van der Waals surface area contributed by atoms with Crippen LogP contribution in [0.3, 0.4) is 0 Å². The Kier molecular flexibility index (Phi) is 28.6. The maximum atomic E-state index is 10.3. The third-order valence-electron chi connectivity index (χ3n) is 5.78. The quantitative estimate of drug-likeness (QED) is 0.116. The van der Waals surface area contributed by atoms with Gasteiger partial charge in [0.25, 0.3) is 0 Å². The number of aliphatic carboxylic acids is 1. The highest BCUT2D eigenvalue weighted by molar-refractivity contribution is 5.66. The Morgan fingerprint density at radius 3 is 1.60 bits per heavy atom. The molecule has 2 atom stereocenters. The third kappa shape index (κ3) is 35.3. The van der Waals surface area contributed by atoms with Gasteiger partial charge in [-0.2, -0.15) is 0 Å². The Morgan fingerprint density at radius 2 is 1.17 bits per heavy atom. The molecule has 6 nitrogen and oxygen atoms in total. The van der Waals surface area contributed by atoms with Crippen LogP contribution in [0.2, 0.25) is 0 Å². The van der Waals surface area contributed by atoms with E-state index in [4.69, 9.17) is 5.11 Å². The molecule has 0 aromatic heterocycles. The Labute approximate surface area is 217 Å². The molecule has 0 amide bonds. The number of carboxylic acids is 1. The number of nitrogens with zero attached hydrogens (tertiary/aromatic N) is 2. The molecule has 0 spiro atoms. The average molecular weight is 501 g/mol. The molecule has 0 saturated heterocycles. The number of unbranched alkanes of at least 4 members (excludes halogenated alkanes) is 11. The smallest absolute Gasteiger partial charge is 0.303 e. The summed E-state index contributed by atoms with van der Waals surface area (Å²) in [6, 6.07) is 0. The van der Waals surface area contributed by atoms with E-state index in [-0.39, 0.29) is 12.2 Å². The molecule has 0 aliphatic heterocycles. The van der Waals surface area contributed by atoms with Crippen molar-refractivity contribution in [1.29, 1.82) is 0 Å². The number of rotatable bonds is 23. The summed E-state index contributed by atoms with van der Waals surface area (Å²) in [5.74, 6) is -0.664. The maximum Gasteiger partial charge on any atom is 0.303 e. The molecule has 0 aromatic rings. The molecule has 210 valence electrons. The summed E-state index contributed by atoms with van der Waals surface area (Å²) < 4.78 is 0. The van der Waals surface area contributed by atoms with Crippen LogP contribution in [0, 0.1) is 0 Å². The van der Waals surface area contributed by atoms with Crippen molar-refractivity contribution in [2.45, 2.75) is 129 Å². The van der Waals surface area contributed by atoms with Gasteiger partial charge in [0.2, 0.25) is 0 Å². The number of hydrogen-bond donors (Lipinski definition) is 3. The summed E-state index contributed by atoms with van der Waals surface area (Å²) >= 11 is 0. The van der Waals surface area contributed by atoms with Gasteiger partial charge in [-0.15, -0.1) is 0 Å². The molecular formula is C29H60N2O4. The first kappa shape index (κ1) is 36.2. The van der Waals surface area contributed by atoms with E-state index >= 15 is 0 Å². The van der Waals surface area contributed by atoms with Crippen LogP contribution in [0.1, 0.15) is 117 Å². The molecule has 0 radical (unpaired) electrons. The fraction of sp³-hybridized carbons (Fsp3) is 0.897. The lowest BCUT2D eigenvalue weighted by Crippen LogP contribution is -2.37. The highest BCUT2D eigenvalue weighted by atomic mass is 16.4. The minimum atomic E-state index is -0.664. The summed E-state index contributed by atoms with van der Waals surface area (Å²) in [5, 5.41) is 27.1. The van der Waals surface area contributed by atoms with Crippen LogP contribution < -0.4 is 0 Å². The fourth-order valence-electron chi connectivity index (χ4n) is 3.96. The number of aliphatic hydroxyl groups is 2. The Morgan fingerprint density at radius 1 is 0.714 bits per heavy atom. The van der Waals surface area contributed by atoms with Gasteiger partial charge in [0.15, 0.2) is 0 Å². The minimum absolute atomic E-state index is 0.330. The normalized spacial score (nSPS) is 13.3. The second-order valence-corrected chi connectivity index (χ2v) is 10.3. The Balaban J connectivity index is 0. The second kappa shape index (κ2) is 27.6. The summed E-state index contributed by atoms with van der Waals surface area (Å²) in [4.78, 5) is 14.6. The van der Waals surface area contributed by atoms with Crippen molar-refractivity contribution in [3.63, 3.8) is 0 Å². The van der Waals surface area contributed by atoms with Gasteiger partial charge in [-0.3, -0.25) is 9.69 Å². The number of carbonyl (C=O) groups is 1. The lowest BCUT2D eigenvalue weighted by Gasteiger charge is -2.25. The van der Waals surface area contributed by atoms with Crippen LogP contribution in [0.25, 0.3) is 0 Å². The van der Waals surface area contributed by atoms with Gasteiger partial charge in [0.1, 0.15) is 0 Å². The van der Waals surface area contributed by atoms with E-state index in [1.807, 2.05) is 14.1 Å². The molecule has 6 heteroatoms. The van der Waals surface area contributed by atoms with Crippen molar-refractivity contribution in [3.8, 4) is 0 Å². The molecule has 3 N–H and O–H groups in total. The first-order chi connectivity index (χ1) is 16.7. The van der Waals surface area contributed by atoms with E-state index in [0.717, 1.165) is 32.4 Å². The van der Waals surface area contributed by atoms with E-state index in [2.05, 4.69) is 28.9 Å². The van der Waals surface area contributed by atoms with E-state index in [1.165, 1.54) is 70.6 Å². The standard InChI is InChI=1S/C18H34O2.C11H26N2O2/c1-2-3-4-5-6-7-8-9-10-11-12-13-14-15-16-17-18(19)20;1-10(14)8-13(9-11(2)15)7-5-6-12(3)4/h9-10H,2-8,11-17H2,1H3,(H,19,20);10-11,14-15H,5-9H2,1-4H3/b10-9-;. The molecule has 0 aliphatic rings. The van der Waals surface area contributed by atoms with E-state index in [9.17, 15) is 15.0 Å². The average Bonchev–Trinajstić information content (AvgIpc) is 2.75. The lowest BCUT2D eigenvalue weighted by molar-refractivity contribution is -0.137. The number of hydrogen-bond acceptors (Lipinski definition) is 5. The zero-order valence-corrected chi connectivity index (χ0v) is 23.9. The molecule has 0 aromatic carbocycles. The van der Waals surface area contributed by atoms with Crippen molar-refractivity contribution >= 4 is 5.97 Å². The maximum absolute atomic E-state index is 10.3. The Bertz CT molecular complexity index is 458. The van der Waals surface area contributed by atoms with Crippen LogP contribution in [0.15, 0.2) is 12.2 Å². The molecule has 0 rings (SSSR count). The van der Waals surface area contributed by atoms with Crippen molar-refractivity contribution in [2.75, 3.05) is 40.3 Å². The Hall–Kier alpha value is -0.950. The summed E-state index contributed by atoms with van der Waals surface area (Å²) in [6.45, 7) is 9.05. The molecule has 0 bridgehead atoms. The highest BCUT2D eigenvalue weighted by Crippen LogP contribution is 2.09. The first-order valence-corrected chi connectivity index (χ1v) is 14.3. The summed E-state index contributed by atoms with van der Waals surface area (Å²) in [6.07, 6.45) is 21.6. The molecule has 0 fully saturated rings. The van der Waals surface area contributed by atoms with E-state index in [0.29, 0.717) is 19.5 Å². The van der Waals surface area contributed by atoms with Crippen molar-refractivity contribution in [3.05, 3.63) is 12.2 Å². The van der Waals surface area contributed by atoms with Gasteiger partial charge >= 0.3 is 5.97 Å². The van der Waals surface area contributed by atoms with Crippen LogP contribution in [0.4, 0.5) is 0 Å². The molecule has 0 saturated carbocycles. The van der Waals surface area contributed by atoms with Gasteiger partial charge < -0.3 is 20.2 Å². The molecular weight excluding hydrogens is 440 g/mol. The third-order valence-corrected chi connectivity index (χ3v) is 5.78. The van der Waals surface area contributed by atoms with Crippen molar-refractivity contribution in [2.24, 2.45) is 0 Å². The molecule has 0 heterocycles. The monoisotopic (exact) mass is 500 g/mol. The predicted molar refractivity (Wildman–Crippen MR) is 150 cm³/mol. The number of allylic oxidation sites excluding steroid dienone is 2. The fourth-order valence-corrected chi connectivity index (χ4v) is 3.96.